The Bertz CT molecular complexity index is 945. The topological polar surface area (TPSA) is 71.3 Å². The Morgan fingerprint density at radius 2 is 1.96 bits per heavy atom. The molecule has 0 aliphatic carbocycles. The molecule has 146 valence electrons. The molecule has 1 saturated heterocycles. The van der Waals surface area contributed by atoms with Crippen LogP contribution in [-0.4, -0.2) is 40.1 Å². The maximum atomic E-state index is 12.3. The van der Waals surface area contributed by atoms with Gasteiger partial charge in [-0.3, -0.25) is 9.69 Å². The third kappa shape index (κ3) is 4.68. The minimum atomic E-state index is 0.0348. The zero-order chi connectivity index (χ0) is 19.5. The van der Waals surface area contributed by atoms with E-state index in [1.807, 2.05) is 43.3 Å². The summed E-state index contributed by atoms with van der Waals surface area (Å²) in [7, 11) is 0. The summed E-state index contributed by atoms with van der Waals surface area (Å²) in [6, 6.07) is 11.9. The van der Waals surface area contributed by atoms with Gasteiger partial charge in [0.15, 0.2) is 0 Å². The number of carbonyl (C=O) groups is 1. The highest BCUT2D eigenvalue weighted by atomic mass is 79.9. The molecule has 1 aliphatic rings. The molecule has 3 aromatic rings. The van der Waals surface area contributed by atoms with Crippen LogP contribution in [0, 0.1) is 6.92 Å². The van der Waals surface area contributed by atoms with Crippen LogP contribution in [0.2, 0.25) is 0 Å². The van der Waals surface area contributed by atoms with E-state index in [1.165, 1.54) is 11.3 Å². The molecule has 2 aromatic heterocycles. The van der Waals surface area contributed by atoms with Crippen molar-refractivity contribution in [2.45, 2.75) is 32.4 Å². The zero-order valence-corrected chi connectivity index (χ0v) is 17.9. The lowest BCUT2D eigenvalue weighted by atomic mass is 10.0. The van der Waals surface area contributed by atoms with Crippen molar-refractivity contribution < 1.29 is 9.21 Å². The van der Waals surface area contributed by atoms with Gasteiger partial charge in [0.25, 0.3) is 5.91 Å². The number of thiophene rings is 1. The lowest BCUT2D eigenvalue weighted by molar-refractivity contribution is 0.0909. The van der Waals surface area contributed by atoms with Gasteiger partial charge in [-0.2, -0.15) is 0 Å². The number of amides is 1. The Kier molecular flexibility index (Phi) is 5.89. The van der Waals surface area contributed by atoms with E-state index in [0.717, 1.165) is 45.7 Å². The number of carbonyl (C=O) groups excluding carboxylic acids is 1. The number of hydrogen-bond donors (Lipinski definition) is 1. The molecule has 1 aromatic carbocycles. The third-order valence-corrected chi connectivity index (χ3v) is 6.33. The first-order valence-electron chi connectivity index (χ1n) is 9.25. The summed E-state index contributed by atoms with van der Waals surface area (Å²) in [6.07, 6.45) is 1.84. The molecule has 0 unspecified atom stereocenters. The average molecular weight is 461 g/mol. The minimum Gasteiger partial charge on any atom is -0.419 e. The molecule has 0 spiro atoms. The van der Waals surface area contributed by atoms with E-state index < -0.39 is 0 Å². The molecular formula is C20H21BrN4O2S. The number of nitrogens with zero attached hydrogens (tertiary/aromatic N) is 3. The number of hydrogen-bond acceptors (Lipinski definition) is 6. The highest BCUT2D eigenvalue weighted by Crippen LogP contribution is 2.22. The maximum absolute atomic E-state index is 12.3. The van der Waals surface area contributed by atoms with E-state index in [1.54, 1.807) is 0 Å². The fourth-order valence-corrected chi connectivity index (χ4v) is 4.30. The zero-order valence-electron chi connectivity index (χ0n) is 15.5. The second-order valence-corrected chi connectivity index (χ2v) is 9.15. The number of nitrogens with one attached hydrogen (secondary N) is 1. The molecule has 6 nitrogen and oxygen atoms in total. The molecular weight excluding hydrogens is 440 g/mol. The Morgan fingerprint density at radius 3 is 2.64 bits per heavy atom. The molecule has 1 amide bonds. The van der Waals surface area contributed by atoms with E-state index >= 15 is 0 Å². The Balaban J connectivity index is 1.28. The van der Waals surface area contributed by atoms with Gasteiger partial charge in [-0.15, -0.1) is 21.5 Å². The van der Waals surface area contributed by atoms with Crippen molar-refractivity contribution in [3.05, 3.63) is 56.5 Å². The first-order valence-corrected chi connectivity index (χ1v) is 10.9. The molecule has 0 bridgehead atoms. The minimum absolute atomic E-state index is 0.0348. The monoisotopic (exact) mass is 460 g/mol. The molecule has 28 heavy (non-hydrogen) atoms. The molecule has 3 heterocycles. The predicted octanol–water partition coefficient (Wildman–Crippen LogP) is 4.26. The van der Waals surface area contributed by atoms with Crippen molar-refractivity contribution in [1.82, 2.24) is 20.4 Å². The number of aryl methyl sites for hydroxylation is 1. The first-order chi connectivity index (χ1) is 13.6. The molecule has 0 saturated carbocycles. The molecule has 0 atom stereocenters. The van der Waals surface area contributed by atoms with Crippen molar-refractivity contribution in [1.29, 1.82) is 0 Å². The second kappa shape index (κ2) is 8.55. The summed E-state index contributed by atoms with van der Waals surface area (Å²) < 4.78 is 6.83. The number of piperidine rings is 1. The van der Waals surface area contributed by atoms with Crippen molar-refractivity contribution in [2.75, 3.05) is 13.1 Å². The molecule has 1 aliphatic heterocycles. The van der Waals surface area contributed by atoms with Crippen molar-refractivity contribution in [3.8, 4) is 11.5 Å². The van der Waals surface area contributed by atoms with Crippen LogP contribution in [0.1, 0.15) is 33.3 Å². The number of benzene rings is 1. The fraction of sp³-hybridized carbons (Fsp3) is 0.350. The van der Waals surface area contributed by atoms with E-state index in [-0.39, 0.29) is 11.9 Å². The van der Waals surface area contributed by atoms with Gasteiger partial charge in [-0.1, -0.05) is 15.9 Å². The van der Waals surface area contributed by atoms with E-state index in [0.29, 0.717) is 18.3 Å². The van der Waals surface area contributed by atoms with E-state index in [4.69, 9.17) is 4.42 Å². The first kappa shape index (κ1) is 19.3. The summed E-state index contributed by atoms with van der Waals surface area (Å²) >= 11 is 4.96. The Labute approximate surface area is 176 Å². The van der Waals surface area contributed by atoms with Gasteiger partial charge >= 0.3 is 0 Å². The average Bonchev–Trinajstić information content (AvgIpc) is 3.33. The number of likely N-dealkylation sites (tertiary alicyclic amines) is 1. The quantitative estimate of drug-likeness (QED) is 0.615. The van der Waals surface area contributed by atoms with Gasteiger partial charge in [0.2, 0.25) is 11.8 Å². The predicted molar refractivity (Wildman–Crippen MR) is 112 cm³/mol. The third-order valence-electron chi connectivity index (χ3n) is 4.80. The summed E-state index contributed by atoms with van der Waals surface area (Å²) in [5.74, 6) is 1.19. The smallest absolute Gasteiger partial charge is 0.261 e. The molecule has 1 fully saturated rings. The molecule has 4 rings (SSSR count). The van der Waals surface area contributed by atoms with E-state index in [2.05, 4.69) is 36.3 Å². The Morgan fingerprint density at radius 1 is 1.21 bits per heavy atom. The van der Waals surface area contributed by atoms with Gasteiger partial charge in [-0.25, -0.2) is 0 Å². The summed E-state index contributed by atoms with van der Waals surface area (Å²) in [4.78, 5) is 16.5. The van der Waals surface area contributed by atoms with Gasteiger partial charge in [0.05, 0.1) is 11.4 Å². The van der Waals surface area contributed by atoms with Gasteiger partial charge in [-0.05, 0) is 56.2 Å². The van der Waals surface area contributed by atoms with Crippen molar-refractivity contribution in [2.24, 2.45) is 0 Å². The van der Waals surface area contributed by atoms with Crippen LogP contribution in [0.15, 0.2) is 45.3 Å². The fourth-order valence-electron chi connectivity index (χ4n) is 3.27. The lowest BCUT2D eigenvalue weighted by Gasteiger charge is -2.31. The van der Waals surface area contributed by atoms with Crippen LogP contribution in [0.3, 0.4) is 0 Å². The van der Waals surface area contributed by atoms with Gasteiger partial charge < -0.3 is 9.73 Å². The molecule has 1 N–H and O–H groups in total. The number of halogens is 1. The van der Waals surface area contributed by atoms with Crippen LogP contribution in [0.25, 0.3) is 11.5 Å². The van der Waals surface area contributed by atoms with Crippen LogP contribution in [0.4, 0.5) is 0 Å². The lowest BCUT2D eigenvalue weighted by Crippen LogP contribution is -2.44. The van der Waals surface area contributed by atoms with Crippen LogP contribution < -0.4 is 5.32 Å². The standard InChI is InChI=1S/C20H21BrN4O2S/c1-13-2-7-17(28-13)19(26)22-16-8-10-25(11-9-16)12-18-23-24-20(27-18)14-3-5-15(21)6-4-14/h2-7,16H,8-12H2,1H3,(H,22,26). The summed E-state index contributed by atoms with van der Waals surface area (Å²) in [5.41, 5.74) is 0.909. The number of aromatic nitrogens is 2. The summed E-state index contributed by atoms with van der Waals surface area (Å²) in [5, 5.41) is 11.5. The van der Waals surface area contributed by atoms with Crippen molar-refractivity contribution in [3.63, 3.8) is 0 Å². The molecule has 0 radical (unpaired) electrons. The highest BCUT2D eigenvalue weighted by molar-refractivity contribution is 9.10. The van der Waals surface area contributed by atoms with Gasteiger partial charge in [0.1, 0.15) is 0 Å². The Hall–Kier alpha value is -2.03. The summed E-state index contributed by atoms with van der Waals surface area (Å²) in [6.45, 7) is 4.43. The maximum Gasteiger partial charge on any atom is 0.261 e. The van der Waals surface area contributed by atoms with Crippen LogP contribution >= 0.6 is 27.3 Å². The van der Waals surface area contributed by atoms with Crippen molar-refractivity contribution >= 4 is 33.2 Å². The molecule has 8 heteroatoms. The largest absolute Gasteiger partial charge is 0.419 e. The van der Waals surface area contributed by atoms with Crippen LogP contribution in [0.5, 0.6) is 0 Å². The normalized spacial score (nSPS) is 15.6. The second-order valence-electron chi connectivity index (χ2n) is 6.94. The van der Waals surface area contributed by atoms with E-state index in [9.17, 15) is 4.79 Å². The number of rotatable bonds is 5. The SMILES string of the molecule is Cc1ccc(C(=O)NC2CCN(Cc3nnc(-c4ccc(Br)cc4)o3)CC2)s1. The van der Waals surface area contributed by atoms with Crippen LogP contribution in [-0.2, 0) is 6.54 Å². The van der Waals surface area contributed by atoms with Gasteiger partial charge in [0, 0.05) is 34.0 Å². The highest BCUT2D eigenvalue weighted by Gasteiger charge is 2.23.